The topological polar surface area (TPSA) is 111 Å². The molecule has 12 heteroatoms. The third kappa shape index (κ3) is 7.41. The number of nitrogens with one attached hydrogen (secondary N) is 1. The van der Waals surface area contributed by atoms with E-state index in [0.29, 0.717) is 79.6 Å². The van der Waals surface area contributed by atoms with E-state index in [0.717, 1.165) is 30.3 Å². The largest absolute Gasteiger partial charge is 0.465 e. The highest BCUT2D eigenvalue weighted by atomic mass is 32.2. The summed E-state index contributed by atoms with van der Waals surface area (Å²) in [4.78, 5) is 20.4. The van der Waals surface area contributed by atoms with Crippen LogP contribution in [0, 0.1) is 56.7 Å². The van der Waals surface area contributed by atoms with E-state index in [-0.39, 0.29) is 39.8 Å². The molecule has 8 rings (SSSR count). The van der Waals surface area contributed by atoms with Crippen LogP contribution < -0.4 is 10.1 Å². The quantitative estimate of drug-likeness (QED) is 0.124. The maximum atomic E-state index is 13.6. The molecule has 334 valence electrons. The molecule has 2 heterocycles. The van der Waals surface area contributed by atoms with E-state index in [1.807, 2.05) is 13.2 Å². The number of nitrogens with zero attached hydrogens (tertiary/aromatic N) is 3. The third-order valence-corrected chi connectivity index (χ3v) is 22.0. The van der Waals surface area contributed by atoms with Gasteiger partial charge in [-0.1, -0.05) is 70.7 Å². The molecule has 6 aliphatic carbocycles. The molecule has 1 aromatic heterocycles. The van der Waals surface area contributed by atoms with Gasteiger partial charge < -0.3 is 19.7 Å². The Kier molecular flexibility index (Phi) is 12.2. The normalized spacial score (nSPS) is 40.8. The fourth-order valence-electron chi connectivity index (χ4n) is 15.4. The zero-order valence-corrected chi connectivity index (χ0v) is 40.4. The summed E-state index contributed by atoms with van der Waals surface area (Å²) < 4.78 is 41.2. The Morgan fingerprint density at radius 2 is 1.75 bits per heavy atom. The smallest absolute Gasteiger partial charge is 0.329 e. The molecular formula is C48H74N4O5S3. The van der Waals surface area contributed by atoms with E-state index in [2.05, 4.69) is 79.8 Å². The molecular weight excluding hydrogens is 809 g/mol. The Balaban J connectivity index is 1.01. The van der Waals surface area contributed by atoms with Crippen molar-refractivity contribution in [2.75, 3.05) is 57.2 Å². The van der Waals surface area contributed by atoms with Gasteiger partial charge in [-0.25, -0.2) is 8.42 Å². The van der Waals surface area contributed by atoms with Crippen molar-refractivity contribution >= 4 is 39.1 Å². The van der Waals surface area contributed by atoms with Gasteiger partial charge in [0.05, 0.1) is 18.1 Å². The van der Waals surface area contributed by atoms with Crippen molar-refractivity contribution in [3.05, 3.63) is 35.5 Å². The number of carbonyl (C=O) groups excluding carboxylic acids is 1. The SMILES string of the molecule is C=C(C)[C@@H]1CC[C@]2(NCCN3CCS(=O)(=O)CC3)CC[C@]3(C)[C@H](CC[C@@H]4[C@@]5(C)CC=C(C6=CCC(COc7nsc(SC)n7)(C(=O)OCC)CC6)C(C)(C)[C@@H]5CC[C@]43C)[C@@H]12. The maximum Gasteiger partial charge on any atom is 0.329 e. The number of carbonyl (C=O) groups is 1. The molecule has 10 atom stereocenters. The van der Waals surface area contributed by atoms with E-state index in [4.69, 9.17) is 9.47 Å². The molecule has 0 bridgehead atoms. The summed E-state index contributed by atoms with van der Waals surface area (Å²) >= 11 is 2.87. The van der Waals surface area contributed by atoms with Gasteiger partial charge in [0.2, 0.25) is 0 Å². The number of sulfone groups is 1. The molecule has 1 N–H and O–H groups in total. The molecule has 9 nitrogen and oxygen atoms in total. The minimum Gasteiger partial charge on any atom is -0.465 e. The van der Waals surface area contributed by atoms with Crippen molar-refractivity contribution in [3.63, 3.8) is 0 Å². The molecule has 0 radical (unpaired) electrons. The number of aromatic nitrogens is 2. The second kappa shape index (κ2) is 16.4. The van der Waals surface area contributed by atoms with Crippen LogP contribution in [0.15, 0.2) is 39.8 Å². The van der Waals surface area contributed by atoms with Gasteiger partial charge in [0.1, 0.15) is 12.0 Å². The second-order valence-electron chi connectivity index (χ2n) is 21.6. The Morgan fingerprint density at radius 1 is 0.983 bits per heavy atom. The Labute approximate surface area is 370 Å². The number of fused-ring (bicyclic) bond motifs is 7. The first-order chi connectivity index (χ1) is 28.4. The number of hydrogen-bond donors (Lipinski definition) is 1. The summed E-state index contributed by atoms with van der Waals surface area (Å²) in [7, 11) is -2.87. The van der Waals surface area contributed by atoms with Crippen LogP contribution >= 0.6 is 23.3 Å². The number of allylic oxidation sites excluding steroid dienone is 5. The van der Waals surface area contributed by atoms with Crippen molar-refractivity contribution in [1.29, 1.82) is 0 Å². The molecule has 0 amide bonds. The maximum absolute atomic E-state index is 13.6. The van der Waals surface area contributed by atoms with Crippen molar-refractivity contribution in [2.24, 2.45) is 56.7 Å². The number of esters is 1. The van der Waals surface area contributed by atoms with Crippen molar-refractivity contribution in [1.82, 2.24) is 19.6 Å². The number of rotatable bonds is 12. The Morgan fingerprint density at radius 3 is 2.42 bits per heavy atom. The van der Waals surface area contributed by atoms with Gasteiger partial charge >= 0.3 is 12.0 Å². The first kappa shape index (κ1) is 44.9. The van der Waals surface area contributed by atoms with Crippen molar-refractivity contribution < 1.29 is 22.7 Å². The summed E-state index contributed by atoms with van der Waals surface area (Å²) in [5.41, 5.74) is 4.47. The molecule has 5 fully saturated rings. The van der Waals surface area contributed by atoms with Gasteiger partial charge in [0.25, 0.3) is 0 Å². The summed E-state index contributed by atoms with van der Waals surface area (Å²) in [6, 6.07) is 0.347. The lowest BCUT2D eigenvalue weighted by Gasteiger charge is -2.72. The lowest BCUT2D eigenvalue weighted by atomic mass is 9.33. The molecule has 1 aromatic rings. The highest BCUT2D eigenvalue weighted by molar-refractivity contribution is 8.00. The van der Waals surface area contributed by atoms with Gasteiger partial charge in [0, 0.05) is 31.7 Å². The van der Waals surface area contributed by atoms with Crippen LogP contribution in [0.3, 0.4) is 0 Å². The highest BCUT2D eigenvalue weighted by Crippen LogP contribution is 2.76. The predicted octanol–water partition coefficient (Wildman–Crippen LogP) is 9.56. The Hall–Kier alpha value is -1.73. The molecule has 0 spiro atoms. The first-order valence-corrected chi connectivity index (χ1v) is 27.1. The summed E-state index contributed by atoms with van der Waals surface area (Å²) in [5, 5.41) is 4.24. The zero-order valence-electron chi connectivity index (χ0n) is 38.0. The van der Waals surface area contributed by atoms with Crippen LogP contribution in [0.1, 0.15) is 126 Å². The van der Waals surface area contributed by atoms with Crippen LogP contribution in [0.5, 0.6) is 6.01 Å². The fraction of sp³-hybridized carbons (Fsp3) is 0.812. The van der Waals surface area contributed by atoms with Gasteiger partial charge in [-0.3, -0.25) is 4.79 Å². The monoisotopic (exact) mass is 882 g/mol. The minimum atomic E-state index is -2.87. The third-order valence-electron chi connectivity index (χ3n) is 18.7. The summed E-state index contributed by atoms with van der Waals surface area (Å²) in [6.45, 7) is 25.8. The lowest BCUT2D eigenvalue weighted by molar-refractivity contribution is -0.221. The molecule has 1 saturated heterocycles. The molecule has 1 unspecified atom stereocenters. The fourth-order valence-corrected chi connectivity index (χ4v) is 17.6. The standard InChI is InChI=1S/C48H74N4O5S3/c1-10-56-40(53)47(31-57-41-50-42(58-9)59-51-41)20-13-33(14-21-47)35-16-18-44(6)37(43(35,4)5)17-19-46(8)38(44)12-11-36-39-34(32(2)3)15-22-48(39,24-23-45(36,46)7)49-25-26-52-27-29-60(54,55)30-28-52/h13,16,34,36-39,49H,2,10-12,14-15,17-31H2,1,3-9H3/t34-,36+,37-,38+,39+,44-,45+,46+,47?,48-/m0/s1. The zero-order chi connectivity index (χ0) is 42.9. The van der Waals surface area contributed by atoms with E-state index < -0.39 is 15.3 Å². The summed E-state index contributed by atoms with van der Waals surface area (Å²) in [5.74, 6) is 3.50. The molecule has 4 saturated carbocycles. The minimum absolute atomic E-state index is 0.0256. The van der Waals surface area contributed by atoms with E-state index >= 15 is 0 Å². The molecule has 0 aromatic carbocycles. The number of hydrogen-bond acceptors (Lipinski definition) is 11. The van der Waals surface area contributed by atoms with Crippen LogP contribution in [0.4, 0.5) is 0 Å². The van der Waals surface area contributed by atoms with E-state index in [1.165, 1.54) is 79.6 Å². The van der Waals surface area contributed by atoms with Gasteiger partial charge in [-0.05, 0) is 171 Å². The van der Waals surface area contributed by atoms with Crippen LogP contribution in [-0.4, -0.2) is 91.3 Å². The first-order valence-electron chi connectivity index (χ1n) is 23.3. The average Bonchev–Trinajstić information content (AvgIpc) is 3.84. The van der Waals surface area contributed by atoms with E-state index in [9.17, 15) is 13.2 Å². The van der Waals surface area contributed by atoms with Crippen molar-refractivity contribution in [2.45, 2.75) is 135 Å². The van der Waals surface area contributed by atoms with Crippen LogP contribution in [0.25, 0.3) is 0 Å². The van der Waals surface area contributed by atoms with Crippen LogP contribution in [-0.2, 0) is 19.4 Å². The van der Waals surface area contributed by atoms with Crippen molar-refractivity contribution in [3.8, 4) is 6.01 Å². The molecule has 60 heavy (non-hydrogen) atoms. The van der Waals surface area contributed by atoms with Crippen LogP contribution in [0.2, 0.25) is 0 Å². The number of thioether (sulfide) groups is 1. The van der Waals surface area contributed by atoms with Gasteiger partial charge in [0.15, 0.2) is 14.2 Å². The number of ether oxygens (including phenoxy) is 2. The van der Waals surface area contributed by atoms with Gasteiger partial charge in [-0.2, -0.15) is 4.98 Å². The molecule has 7 aliphatic rings. The lowest BCUT2D eigenvalue weighted by Crippen LogP contribution is -2.68. The van der Waals surface area contributed by atoms with E-state index in [1.54, 1.807) is 11.8 Å². The van der Waals surface area contributed by atoms with Gasteiger partial charge in [-0.15, -0.1) is 4.37 Å². The highest BCUT2D eigenvalue weighted by Gasteiger charge is 2.70. The molecule has 1 aliphatic heterocycles. The predicted molar refractivity (Wildman–Crippen MR) is 244 cm³/mol. The Bertz CT molecular complexity index is 1980. The second-order valence-corrected chi connectivity index (χ2v) is 25.7. The average molecular weight is 883 g/mol. The summed E-state index contributed by atoms with van der Waals surface area (Å²) in [6.07, 6.45) is 20.3.